The van der Waals surface area contributed by atoms with Crippen molar-refractivity contribution < 1.29 is 14.7 Å². The minimum atomic E-state index is -0.943. The Hall–Kier alpha value is -1.56. The zero-order valence-corrected chi connectivity index (χ0v) is 13.3. The molecule has 0 aliphatic heterocycles. The highest BCUT2D eigenvalue weighted by Gasteiger charge is 2.07. The van der Waals surface area contributed by atoms with Crippen LogP contribution in [0.5, 0.6) is 0 Å². The molecule has 0 aliphatic rings. The quantitative estimate of drug-likeness (QED) is 0.632. The molecule has 0 unspecified atom stereocenters. The molecule has 2 aromatic rings. The zero-order chi connectivity index (χ0) is 15.4. The molecule has 4 nitrogen and oxygen atoms in total. The summed E-state index contributed by atoms with van der Waals surface area (Å²) in [5.74, 6) is -0.943. The molecule has 0 amide bonds. The molecule has 0 radical (unpaired) electrons. The Bertz CT molecular complexity index is 697. The summed E-state index contributed by atoms with van der Waals surface area (Å²) >= 11 is 12.9. The summed E-state index contributed by atoms with van der Waals surface area (Å²) < 4.78 is 0. The number of carboxylic acids is 1. The van der Waals surface area contributed by atoms with Gasteiger partial charge >= 0.3 is 5.97 Å². The lowest BCUT2D eigenvalue weighted by Crippen LogP contribution is -1.96. The van der Waals surface area contributed by atoms with Crippen LogP contribution in [0.3, 0.4) is 0 Å². The van der Waals surface area contributed by atoms with Crippen molar-refractivity contribution in [2.75, 3.05) is 0 Å². The molecular formula is C14H11Cl2NO3S. The number of aromatic carboxylic acids is 1. The smallest absolute Gasteiger partial charge is 0.345 e. The second kappa shape index (κ2) is 6.93. The molecule has 0 saturated heterocycles. The maximum Gasteiger partial charge on any atom is 0.345 e. The van der Waals surface area contributed by atoms with E-state index in [-0.39, 0.29) is 11.5 Å². The van der Waals surface area contributed by atoms with Crippen LogP contribution in [0, 0.1) is 0 Å². The van der Waals surface area contributed by atoms with Gasteiger partial charge in [0.15, 0.2) is 6.61 Å². The first-order valence-electron chi connectivity index (χ1n) is 5.91. The number of benzene rings is 1. The Kier molecular flexibility index (Phi) is 5.22. The van der Waals surface area contributed by atoms with Crippen LogP contribution in [0.1, 0.15) is 27.0 Å². The topological polar surface area (TPSA) is 58.9 Å². The third kappa shape index (κ3) is 4.20. The van der Waals surface area contributed by atoms with Crippen molar-refractivity contribution in [1.29, 1.82) is 0 Å². The Balaban J connectivity index is 1.99. The fourth-order valence-electron chi connectivity index (χ4n) is 1.54. The first kappa shape index (κ1) is 15.8. The molecule has 21 heavy (non-hydrogen) atoms. The third-order valence-electron chi connectivity index (χ3n) is 2.62. The van der Waals surface area contributed by atoms with Crippen molar-refractivity contribution in [3.05, 3.63) is 55.7 Å². The number of oxime groups is 1. The van der Waals surface area contributed by atoms with Crippen LogP contribution in [0.4, 0.5) is 0 Å². The van der Waals surface area contributed by atoms with E-state index in [9.17, 15) is 4.79 Å². The number of halogens is 2. The van der Waals surface area contributed by atoms with Gasteiger partial charge in [-0.15, -0.1) is 11.3 Å². The number of carboxylic acid groups (broad SMARTS) is 1. The highest BCUT2D eigenvalue weighted by Crippen LogP contribution is 2.23. The number of rotatable bonds is 5. The maximum atomic E-state index is 10.8. The second-order valence-electron chi connectivity index (χ2n) is 4.15. The molecule has 0 spiro atoms. The maximum absolute atomic E-state index is 10.8. The monoisotopic (exact) mass is 343 g/mol. The zero-order valence-electron chi connectivity index (χ0n) is 11.0. The minimum Gasteiger partial charge on any atom is -0.477 e. The molecule has 0 atom stereocenters. The van der Waals surface area contributed by atoms with E-state index in [4.69, 9.17) is 33.1 Å². The number of nitrogens with zero attached hydrogens (tertiary/aromatic N) is 1. The van der Waals surface area contributed by atoms with Crippen LogP contribution in [0.25, 0.3) is 0 Å². The van der Waals surface area contributed by atoms with E-state index in [1.165, 1.54) is 0 Å². The van der Waals surface area contributed by atoms with Crippen molar-refractivity contribution in [3.8, 4) is 0 Å². The Labute approximate surface area is 135 Å². The van der Waals surface area contributed by atoms with Crippen molar-refractivity contribution in [2.45, 2.75) is 13.5 Å². The van der Waals surface area contributed by atoms with Gasteiger partial charge < -0.3 is 9.94 Å². The van der Waals surface area contributed by atoms with Crippen molar-refractivity contribution in [1.82, 2.24) is 0 Å². The Morgan fingerprint density at radius 3 is 2.67 bits per heavy atom. The number of hydrogen-bond donors (Lipinski definition) is 1. The molecule has 110 valence electrons. The summed E-state index contributed by atoms with van der Waals surface area (Å²) in [6, 6.07) is 8.44. The molecular weight excluding hydrogens is 333 g/mol. The van der Waals surface area contributed by atoms with Gasteiger partial charge in [-0.1, -0.05) is 34.4 Å². The van der Waals surface area contributed by atoms with Crippen LogP contribution in [-0.2, 0) is 11.4 Å². The molecule has 0 bridgehead atoms. The van der Waals surface area contributed by atoms with Gasteiger partial charge in [0.25, 0.3) is 0 Å². The summed E-state index contributed by atoms with van der Waals surface area (Å²) in [4.78, 5) is 17.1. The highest BCUT2D eigenvalue weighted by atomic mass is 35.5. The van der Waals surface area contributed by atoms with E-state index in [1.807, 2.05) is 0 Å². The van der Waals surface area contributed by atoms with Gasteiger partial charge in [0.05, 0.1) is 15.8 Å². The van der Waals surface area contributed by atoms with Gasteiger partial charge in [-0.25, -0.2) is 4.79 Å². The first-order valence-corrected chi connectivity index (χ1v) is 7.48. The lowest BCUT2D eigenvalue weighted by atomic mass is 10.1. The predicted molar refractivity (Wildman–Crippen MR) is 84.7 cm³/mol. The van der Waals surface area contributed by atoms with Gasteiger partial charge in [-0.3, -0.25) is 0 Å². The average molecular weight is 344 g/mol. The van der Waals surface area contributed by atoms with E-state index in [0.29, 0.717) is 15.8 Å². The van der Waals surface area contributed by atoms with Crippen LogP contribution in [-0.4, -0.2) is 16.8 Å². The van der Waals surface area contributed by atoms with E-state index < -0.39 is 5.97 Å². The van der Waals surface area contributed by atoms with E-state index in [1.54, 1.807) is 37.3 Å². The van der Waals surface area contributed by atoms with Crippen molar-refractivity contribution >= 4 is 46.2 Å². The second-order valence-corrected chi connectivity index (χ2v) is 6.13. The molecule has 7 heteroatoms. The summed E-state index contributed by atoms with van der Waals surface area (Å²) in [7, 11) is 0. The number of hydrogen-bond acceptors (Lipinski definition) is 4. The van der Waals surface area contributed by atoms with Crippen LogP contribution in [0.2, 0.25) is 10.0 Å². The largest absolute Gasteiger partial charge is 0.477 e. The van der Waals surface area contributed by atoms with Crippen LogP contribution < -0.4 is 0 Å². The number of carbonyl (C=O) groups is 1. The van der Waals surface area contributed by atoms with Gasteiger partial charge in [0, 0.05) is 10.4 Å². The van der Waals surface area contributed by atoms with Crippen molar-refractivity contribution in [2.24, 2.45) is 5.16 Å². The third-order valence-corrected chi connectivity index (χ3v) is 4.40. The summed E-state index contributed by atoms with van der Waals surface area (Å²) in [6.07, 6.45) is 0. The van der Waals surface area contributed by atoms with E-state index in [0.717, 1.165) is 21.8 Å². The molecule has 1 aromatic carbocycles. The molecule has 1 N–H and O–H groups in total. The van der Waals surface area contributed by atoms with Gasteiger partial charge in [-0.05, 0) is 31.2 Å². The first-order chi connectivity index (χ1) is 9.97. The highest BCUT2D eigenvalue weighted by molar-refractivity contribution is 7.13. The molecule has 0 fully saturated rings. The molecule has 0 saturated carbocycles. The van der Waals surface area contributed by atoms with Gasteiger partial charge in [-0.2, -0.15) is 0 Å². The fourth-order valence-corrected chi connectivity index (χ4v) is 2.59. The molecule has 2 rings (SSSR count). The standard InChI is InChI=1S/C14H11Cl2NO3S/c1-8(9-2-4-11(15)12(16)6-9)17-20-7-10-3-5-13(21-10)14(18)19/h2-6H,7H2,1H3,(H,18,19). The van der Waals surface area contributed by atoms with E-state index in [2.05, 4.69) is 5.16 Å². The SMILES string of the molecule is CC(=NOCc1ccc(C(=O)O)s1)c1ccc(Cl)c(Cl)c1. The summed E-state index contributed by atoms with van der Waals surface area (Å²) in [6.45, 7) is 2.01. The van der Waals surface area contributed by atoms with Gasteiger partial charge in [0.1, 0.15) is 4.88 Å². The Morgan fingerprint density at radius 2 is 2.05 bits per heavy atom. The molecule has 0 aliphatic carbocycles. The predicted octanol–water partition coefficient (Wildman–Crippen LogP) is 4.69. The molecule has 1 aromatic heterocycles. The van der Waals surface area contributed by atoms with E-state index >= 15 is 0 Å². The van der Waals surface area contributed by atoms with Gasteiger partial charge in [0.2, 0.25) is 0 Å². The fraction of sp³-hybridized carbons (Fsp3) is 0.143. The minimum absolute atomic E-state index is 0.219. The number of thiophene rings is 1. The van der Waals surface area contributed by atoms with Crippen LogP contribution in [0.15, 0.2) is 35.5 Å². The summed E-state index contributed by atoms with van der Waals surface area (Å²) in [5.41, 5.74) is 1.46. The lowest BCUT2D eigenvalue weighted by Gasteiger charge is -2.03. The molecule has 1 heterocycles. The normalized spacial score (nSPS) is 11.5. The van der Waals surface area contributed by atoms with Crippen LogP contribution >= 0.6 is 34.5 Å². The summed E-state index contributed by atoms with van der Waals surface area (Å²) in [5, 5.41) is 13.7. The Morgan fingerprint density at radius 1 is 1.29 bits per heavy atom. The van der Waals surface area contributed by atoms with Crippen molar-refractivity contribution in [3.63, 3.8) is 0 Å². The average Bonchev–Trinajstić information content (AvgIpc) is 2.91. The lowest BCUT2D eigenvalue weighted by molar-refractivity contribution is 0.0702.